The summed E-state index contributed by atoms with van der Waals surface area (Å²) in [6, 6.07) is 5.12. The largest absolute Gasteiger partial charge is 0.508 e. The molecule has 4 aliphatic carbocycles. The predicted octanol–water partition coefficient (Wildman–Crippen LogP) is 2.49. The summed E-state index contributed by atoms with van der Waals surface area (Å²) in [6.07, 6.45) is 6.24. The molecule has 4 N–H and O–H groups in total. The number of fused-ring (bicyclic) bond motifs is 5. The molecule has 0 aromatic heterocycles. The number of allylic oxidation sites excluding steroid dienone is 4. The third-order valence-electron chi connectivity index (χ3n) is 11.2. The van der Waals surface area contributed by atoms with Crippen molar-refractivity contribution in [1.82, 2.24) is 5.32 Å². The van der Waals surface area contributed by atoms with Crippen LogP contribution < -0.4 is 5.32 Å². The molecule has 0 spiro atoms. The Kier molecular flexibility index (Phi) is 9.30. The second-order valence-corrected chi connectivity index (χ2v) is 13.7. The first-order chi connectivity index (χ1) is 21.7. The Labute approximate surface area is 268 Å². The fourth-order valence-electron chi connectivity index (χ4n) is 8.81. The van der Waals surface area contributed by atoms with Crippen LogP contribution in [0.4, 0.5) is 0 Å². The second-order valence-electron chi connectivity index (χ2n) is 13.7. The highest BCUT2D eigenvalue weighted by Crippen LogP contribution is 2.67. The average molecular weight is 638 g/mol. The van der Waals surface area contributed by atoms with Crippen molar-refractivity contribution < 1.29 is 48.8 Å². The Hall–Kier alpha value is -3.83. The SMILES string of the molecule is COC(=O)[C@@H](Cc1ccc(O)cc1)NC(=O)CCC(=O)OCC(=O)[C@@]1(O)CC[C@H]2[C@@H]3CCC4=CC(=O)C=C[C@]4(C)[C@@H]3[C@@H](O)C[C@@]21C. The molecule has 0 saturated heterocycles. The number of phenols is 1. The molecule has 11 nitrogen and oxygen atoms in total. The van der Waals surface area contributed by atoms with Crippen molar-refractivity contribution in [1.29, 1.82) is 0 Å². The summed E-state index contributed by atoms with van der Waals surface area (Å²) in [4.78, 5) is 62.9. The average Bonchev–Trinajstić information content (AvgIpc) is 3.29. The van der Waals surface area contributed by atoms with Gasteiger partial charge in [-0.05, 0) is 73.8 Å². The number of carbonyl (C=O) groups excluding carboxylic acids is 5. The fraction of sp³-hybridized carbons (Fsp3) is 0.571. The van der Waals surface area contributed by atoms with Gasteiger partial charge in [-0.15, -0.1) is 0 Å². The first kappa shape index (κ1) is 33.5. The number of aromatic hydroxyl groups is 1. The monoisotopic (exact) mass is 637 g/mol. The smallest absolute Gasteiger partial charge is 0.328 e. The van der Waals surface area contributed by atoms with Crippen LogP contribution in [0.5, 0.6) is 5.75 Å². The van der Waals surface area contributed by atoms with Gasteiger partial charge in [0.2, 0.25) is 11.7 Å². The van der Waals surface area contributed by atoms with E-state index in [1.165, 1.54) is 19.2 Å². The van der Waals surface area contributed by atoms with E-state index in [0.29, 0.717) is 18.4 Å². The zero-order chi connectivity index (χ0) is 33.4. The summed E-state index contributed by atoms with van der Waals surface area (Å²) < 4.78 is 10.00. The van der Waals surface area contributed by atoms with Crippen LogP contribution in [0.3, 0.4) is 0 Å². The number of methoxy groups -OCH3 is 1. The molecule has 248 valence electrons. The van der Waals surface area contributed by atoms with Gasteiger partial charge in [0.05, 0.1) is 19.6 Å². The van der Waals surface area contributed by atoms with E-state index in [2.05, 4.69) is 12.2 Å². The highest BCUT2D eigenvalue weighted by atomic mass is 16.5. The first-order valence-corrected chi connectivity index (χ1v) is 15.9. The molecule has 8 atom stereocenters. The molecule has 5 rings (SSSR count). The molecule has 4 aliphatic rings. The first-order valence-electron chi connectivity index (χ1n) is 15.9. The fourth-order valence-corrected chi connectivity index (χ4v) is 8.81. The normalized spacial score (nSPS) is 33.5. The molecule has 0 bridgehead atoms. The molecule has 0 radical (unpaired) electrons. The Bertz CT molecular complexity index is 1470. The van der Waals surface area contributed by atoms with Crippen molar-refractivity contribution in [3.05, 3.63) is 53.6 Å². The van der Waals surface area contributed by atoms with Crippen molar-refractivity contribution >= 4 is 29.4 Å². The number of amides is 1. The number of ether oxygens (including phenoxy) is 2. The molecule has 0 heterocycles. The van der Waals surface area contributed by atoms with Gasteiger partial charge >= 0.3 is 11.9 Å². The number of nitrogens with one attached hydrogen (secondary N) is 1. The number of aliphatic hydroxyl groups excluding tert-OH is 1. The summed E-state index contributed by atoms with van der Waals surface area (Å²) in [6.45, 7) is 3.24. The van der Waals surface area contributed by atoms with Crippen molar-refractivity contribution in [2.45, 2.75) is 83.0 Å². The lowest BCUT2D eigenvalue weighted by Gasteiger charge is -2.59. The number of carbonyl (C=O) groups is 5. The maximum atomic E-state index is 13.5. The predicted molar refractivity (Wildman–Crippen MR) is 164 cm³/mol. The number of Topliss-reactive ketones (excluding diaryl/α,β-unsaturated/α-hetero) is 1. The lowest BCUT2D eigenvalue weighted by Crippen LogP contribution is -2.61. The number of hydrogen-bond acceptors (Lipinski definition) is 10. The van der Waals surface area contributed by atoms with Crippen molar-refractivity contribution in [3.8, 4) is 5.75 Å². The molecule has 46 heavy (non-hydrogen) atoms. The molecular weight excluding hydrogens is 594 g/mol. The summed E-state index contributed by atoms with van der Waals surface area (Å²) in [7, 11) is 1.19. The summed E-state index contributed by atoms with van der Waals surface area (Å²) in [5.74, 6) is -2.83. The van der Waals surface area contributed by atoms with E-state index in [9.17, 15) is 39.3 Å². The van der Waals surface area contributed by atoms with Crippen LogP contribution in [0.15, 0.2) is 48.1 Å². The Morgan fingerprint density at radius 1 is 1.09 bits per heavy atom. The van der Waals surface area contributed by atoms with Gasteiger partial charge in [0.1, 0.15) is 17.4 Å². The van der Waals surface area contributed by atoms with E-state index in [0.717, 1.165) is 12.0 Å². The molecule has 1 aromatic rings. The number of phenolic OH excluding ortho intramolecular Hbond substituents is 1. The maximum Gasteiger partial charge on any atom is 0.328 e. The molecule has 11 heteroatoms. The number of rotatable bonds is 10. The number of aliphatic hydroxyl groups is 2. The maximum absolute atomic E-state index is 13.5. The van der Waals surface area contributed by atoms with Crippen LogP contribution in [0.1, 0.15) is 64.4 Å². The molecule has 0 aliphatic heterocycles. The minimum Gasteiger partial charge on any atom is -0.508 e. The second kappa shape index (κ2) is 12.8. The van der Waals surface area contributed by atoms with E-state index < -0.39 is 58.8 Å². The van der Waals surface area contributed by atoms with Crippen LogP contribution in [0, 0.1) is 28.6 Å². The molecular formula is C35H43NO10. The van der Waals surface area contributed by atoms with Crippen LogP contribution in [-0.4, -0.2) is 76.2 Å². The van der Waals surface area contributed by atoms with Gasteiger partial charge in [0.15, 0.2) is 12.4 Å². The minimum absolute atomic E-state index is 0.0389. The van der Waals surface area contributed by atoms with Crippen LogP contribution in [-0.2, 0) is 39.9 Å². The summed E-state index contributed by atoms with van der Waals surface area (Å²) >= 11 is 0. The highest BCUT2D eigenvalue weighted by Gasteiger charge is 2.68. The number of esters is 2. The van der Waals surface area contributed by atoms with E-state index in [1.54, 1.807) is 24.3 Å². The molecule has 0 unspecified atom stereocenters. The molecule has 1 aromatic carbocycles. The minimum atomic E-state index is -1.79. The van der Waals surface area contributed by atoms with Crippen LogP contribution in [0.2, 0.25) is 0 Å². The van der Waals surface area contributed by atoms with E-state index in [4.69, 9.17) is 9.47 Å². The highest BCUT2D eigenvalue weighted by molar-refractivity contribution is 6.01. The van der Waals surface area contributed by atoms with Gasteiger partial charge < -0.3 is 30.1 Å². The van der Waals surface area contributed by atoms with Gasteiger partial charge in [-0.25, -0.2) is 4.79 Å². The number of benzene rings is 1. The van der Waals surface area contributed by atoms with Gasteiger partial charge in [0.25, 0.3) is 0 Å². The Balaban J connectivity index is 1.16. The summed E-state index contributed by atoms with van der Waals surface area (Å²) in [5, 5.41) is 35.4. The number of ketones is 2. The zero-order valence-electron chi connectivity index (χ0n) is 26.5. The standard InChI is InChI=1S/C35H43NO10/c1-33-14-12-23(38)17-21(33)6-9-24-25-13-15-35(44,34(25,2)18-27(39)31(24)33)28(40)19-46-30(42)11-10-29(41)36-26(32(43)45-3)16-20-4-7-22(37)8-5-20/h4-5,7-8,12,14,17,24-27,31,37,39,44H,6,9-11,13,15-16,18-19H2,1-3H3,(H,36,41)/t24-,25-,26+,27-,31-,33-,34-,35-/m0/s1. The zero-order valence-corrected chi connectivity index (χ0v) is 26.5. The third-order valence-corrected chi connectivity index (χ3v) is 11.2. The van der Waals surface area contributed by atoms with Gasteiger partial charge in [-0.2, -0.15) is 0 Å². The van der Waals surface area contributed by atoms with Gasteiger partial charge in [-0.3, -0.25) is 19.2 Å². The molecule has 3 saturated carbocycles. The summed E-state index contributed by atoms with van der Waals surface area (Å²) in [5.41, 5.74) is -1.49. The van der Waals surface area contributed by atoms with E-state index in [-0.39, 0.29) is 61.4 Å². The molecule has 3 fully saturated rings. The third kappa shape index (κ3) is 6.02. The van der Waals surface area contributed by atoms with Crippen molar-refractivity contribution in [2.24, 2.45) is 28.6 Å². The Morgan fingerprint density at radius 2 is 1.80 bits per heavy atom. The van der Waals surface area contributed by atoms with Gasteiger partial charge in [0, 0.05) is 29.6 Å². The van der Waals surface area contributed by atoms with E-state index in [1.807, 2.05) is 13.0 Å². The van der Waals surface area contributed by atoms with E-state index >= 15 is 0 Å². The quantitative estimate of drug-likeness (QED) is 0.279. The van der Waals surface area contributed by atoms with Crippen molar-refractivity contribution in [3.63, 3.8) is 0 Å². The Morgan fingerprint density at radius 3 is 2.50 bits per heavy atom. The number of hydrogen-bond donors (Lipinski definition) is 4. The van der Waals surface area contributed by atoms with Crippen LogP contribution >= 0.6 is 0 Å². The lowest BCUT2D eigenvalue weighted by molar-refractivity contribution is -0.181. The lowest BCUT2D eigenvalue weighted by atomic mass is 9.46. The van der Waals surface area contributed by atoms with Gasteiger partial charge in [-0.1, -0.05) is 37.6 Å². The van der Waals surface area contributed by atoms with Crippen LogP contribution in [0.25, 0.3) is 0 Å². The molecule has 1 amide bonds. The van der Waals surface area contributed by atoms with Crippen molar-refractivity contribution in [2.75, 3.05) is 13.7 Å². The topological polar surface area (TPSA) is 177 Å².